The highest BCUT2D eigenvalue weighted by Crippen LogP contribution is 2.21. The van der Waals surface area contributed by atoms with E-state index in [-0.39, 0.29) is 6.54 Å². The van der Waals surface area contributed by atoms with Crippen molar-refractivity contribution in [2.24, 2.45) is 5.11 Å². The Balaban J connectivity index is 2.75. The lowest BCUT2D eigenvalue weighted by molar-refractivity contribution is 0.0244. The predicted molar refractivity (Wildman–Crippen MR) is 65.5 cm³/mol. The van der Waals surface area contributed by atoms with Gasteiger partial charge in [0.15, 0.2) is 0 Å². The standard InChI is InChI=1S/C12H17N3O2/c1-8(2)9-3-5-10(6-4-9)12(17)11(16)7-14-15-13/h3-6,8,11-12,16-17H,7H2,1-2H3. The van der Waals surface area contributed by atoms with Gasteiger partial charge in [-0.15, -0.1) is 0 Å². The van der Waals surface area contributed by atoms with Crippen molar-refractivity contribution in [3.63, 3.8) is 0 Å². The van der Waals surface area contributed by atoms with E-state index in [1.807, 2.05) is 12.1 Å². The van der Waals surface area contributed by atoms with Crippen LogP contribution in [0.2, 0.25) is 0 Å². The molecule has 0 aliphatic heterocycles. The molecule has 0 aliphatic rings. The summed E-state index contributed by atoms with van der Waals surface area (Å²) in [6.07, 6.45) is -2.10. The van der Waals surface area contributed by atoms with Gasteiger partial charge in [-0.1, -0.05) is 43.2 Å². The molecule has 0 saturated carbocycles. The highest BCUT2D eigenvalue weighted by molar-refractivity contribution is 5.26. The van der Waals surface area contributed by atoms with Crippen molar-refractivity contribution >= 4 is 0 Å². The molecule has 2 atom stereocenters. The van der Waals surface area contributed by atoms with Crippen molar-refractivity contribution in [2.45, 2.75) is 32.0 Å². The first-order valence-electron chi connectivity index (χ1n) is 5.53. The Morgan fingerprint density at radius 2 is 1.71 bits per heavy atom. The van der Waals surface area contributed by atoms with Gasteiger partial charge in [0.2, 0.25) is 0 Å². The van der Waals surface area contributed by atoms with Crippen molar-refractivity contribution in [3.05, 3.63) is 45.8 Å². The van der Waals surface area contributed by atoms with Gasteiger partial charge >= 0.3 is 0 Å². The summed E-state index contributed by atoms with van der Waals surface area (Å²) in [4.78, 5) is 2.54. The lowest BCUT2D eigenvalue weighted by atomic mass is 9.98. The number of hydrogen-bond acceptors (Lipinski definition) is 3. The van der Waals surface area contributed by atoms with E-state index in [0.29, 0.717) is 11.5 Å². The molecule has 0 aliphatic carbocycles. The number of azide groups is 1. The van der Waals surface area contributed by atoms with E-state index in [9.17, 15) is 10.2 Å². The van der Waals surface area contributed by atoms with Crippen molar-refractivity contribution in [1.82, 2.24) is 0 Å². The summed E-state index contributed by atoms with van der Waals surface area (Å²) in [6, 6.07) is 7.39. The number of nitrogens with zero attached hydrogens (tertiary/aromatic N) is 3. The quantitative estimate of drug-likeness (QED) is 0.466. The molecule has 2 N–H and O–H groups in total. The first-order chi connectivity index (χ1) is 8.06. The second kappa shape index (κ2) is 6.25. The third kappa shape index (κ3) is 3.75. The second-order valence-electron chi connectivity index (χ2n) is 4.25. The van der Waals surface area contributed by atoms with Crippen LogP contribution in [0.1, 0.15) is 37.0 Å². The van der Waals surface area contributed by atoms with E-state index in [0.717, 1.165) is 0 Å². The molecule has 0 spiro atoms. The maximum Gasteiger partial charge on any atom is 0.105 e. The topological polar surface area (TPSA) is 89.2 Å². The number of benzene rings is 1. The smallest absolute Gasteiger partial charge is 0.105 e. The molecule has 5 heteroatoms. The lowest BCUT2D eigenvalue weighted by Crippen LogP contribution is -2.21. The van der Waals surface area contributed by atoms with Gasteiger partial charge in [0.25, 0.3) is 0 Å². The number of hydrogen-bond donors (Lipinski definition) is 2. The Hall–Kier alpha value is -1.55. The average molecular weight is 235 g/mol. The molecular weight excluding hydrogens is 218 g/mol. The van der Waals surface area contributed by atoms with Crippen LogP contribution < -0.4 is 0 Å². The molecule has 5 nitrogen and oxygen atoms in total. The zero-order valence-corrected chi connectivity index (χ0v) is 9.98. The van der Waals surface area contributed by atoms with Crippen molar-refractivity contribution in [1.29, 1.82) is 0 Å². The zero-order chi connectivity index (χ0) is 12.8. The van der Waals surface area contributed by atoms with Gasteiger partial charge in [-0.3, -0.25) is 0 Å². The monoisotopic (exact) mass is 235 g/mol. The van der Waals surface area contributed by atoms with Gasteiger partial charge in [-0.25, -0.2) is 0 Å². The molecule has 0 amide bonds. The summed E-state index contributed by atoms with van der Waals surface area (Å²) in [5, 5.41) is 22.6. The average Bonchev–Trinajstić information content (AvgIpc) is 2.35. The fourth-order valence-electron chi connectivity index (χ4n) is 1.52. The Labute approximate surface area is 100 Å². The van der Waals surface area contributed by atoms with Crippen LogP contribution in [0.3, 0.4) is 0 Å². The van der Waals surface area contributed by atoms with Crippen molar-refractivity contribution in [3.8, 4) is 0 Å². The molecule has 17 heavy (non-hydrogen) atoms. The number of rotatable bonds is 5. The van der Waals surface area contributed by atoms with Gasteiger partial charge in [-0.2, -0.15) is 0 Å². The summed E-state index contributed by atoms with van der Waals surface area (Å²) in [6.45, 7) is 4.04. The fourth-order valence-corrected chi connectivity index (χ4v) is 1.52. The van der Waals surface area contributed by atoms with E-state index in [1.54, 1.807) is 12.1 Å². The molecule has 1 rings (SSSR count). The fraction of sp³-hybridized carbons (Fsp3) is 0.500. The molecule has 92 valence electrons. The molecule has 0 bridgehead atoms. The largest absolute Gasteiger partial charge is 0.390 e. The van der Waals surface area contributed by atoms with Crippen molar-refractivity contribution in [2.75, 3.05) is 6.54 Å². The molecule has 0 saturated heterocycles. The van der Waals surface area contributed by atoms with Gasteiger partial charge in [0, 0.05) is 4.91 Å². The van der Waals surface area contributed by atoms with E-state index < -0.39 is 12.2 Å². The third-order valence-corrected chi connectivity index (χ3v) is 2.64. The van der Waals surface area contributed by atoms with Crippen LogP contribution in [-0.4, -0.2) is 22.9 Å². The molecule has 0 heterocycles. The second-order valence-corrected chi connectivity index (χ2v) is 4.25. The molecular formula is C12H17N3O2. The molecule has 0 fully saturated rings. The van der Waals surface area contributed by atoms with Crippen LogP contribution in [0, 0.1) is 0 Å². The summed E-state index contributed by atoms with van der Waals surface area (Å²) in [5.41, 5.74) is 9.92. The summed E-state index contributed by atoms with van der Waals surface area (Å²) in [7, 11) is 0. The summed E-state index contributed by atoms with van der Waals surface area (Å²) < 4.78 is 0. The highest BCUT2D eigenvalue weighted by Gasteiger charge is 2.17. The van der Waals surface area contributed by atoms with Gasteiger partial charge in [-0.05, 0) is 22.6 Å². The van der Waals surface area contributed by atoms with Crippen LogP contribution in [0.5, 0.6) is 0 Å². The molecule has 0 aromatic heterocycles. The van der Waals surface area contributed by atoms with Crippen LogP contribution >= 0.6 is 0 Å². The van der Waals surface area contributed by atoms with E-state index in [1.165, 1.54) is 5.56 Å². The Morgan fingerprint density at radius 1 is 1.18 bits per heavy atom. The van der Waals surface area contributed by atoms with Crippen LogP contribution in [0.4, 0.5) is 0 Å². The maximum absolute atomic E-state index is 9.81. The zero-order valence-electron chi connectivity index (χ0n) is 9.98. The maximum atomic E-state index is 9.81. The molecule has 0 radical (unpaired) electrons. The number of aliphatic hydroxyl groups excluding tert-OH is 2. The number of aliphatic hydroxyl groups is 2. The van der Waals surface area contributed by atoms with Crippen LogP contribution in [0.25, 0.3) is 10.4 Å². The van der Waals surface area contributed by atoms with Crippen LogP contribution in [-0.2, 0) is 0 Å². The third-order valence-electron chi connectivity index (χ3n) is 2.64. The molecule has 2 unspecified atom stereocenters. The van der Waals surface area contributed by atoms with Crippen LogP contribution in [0.15, 0.2) is 29.4 Å². The van der Waals surface area contributed by atoms with Gasteiger partial charge in [0.1, 0.15) is 6.10 Å². The summed E-state index contributed by atoms with van der Waals surface area (Å²) >= 11 is 0. The predicted octanol–water partition coefficient (Wildman–Crippen LogP) is 2.51. The lowest BCUT2D eigenvalue weighted by Gasteiger charge is -2.17. The minimum Gasteiger partial charge on any atom is -0.390 e. The SMILES string of the molecule is CC(C)c1ccc(C(O)C(O)CN=[N+]=[N-])cc1. The van der Waals surface area contributed by atoms with Crippen molar-refractivity contribution < 1.29 is 10.2 Å². The Morgan fingerprint density at radius 3 is 2.18 bits per heavy atom. The first-order valence-corrected chi connectivity index (χ1v) is 5.53. The van der Waals surface area contributed by atoms with E-state index in [4.69, 9.17) is 5.53 Å². The molecule has 1 aromatic rings. The Bertz CT molecular complexity index is 397. The van der Waals surface area contributed by atoms with Gasteiger partial charge in [0.05, 0.1) is 12.6 Å². The van der Waals surface area contributed by atoms with Gasteiger partial charge < -0.3 is 10.2 Å². The normalized spacial score (nSPS) is 14.2. The minimum absolute atomic E-state index is 0.135. The summed E-state index contributed by atoms with van der Waals surface area (Å²) in [5.74, 6) is 0.425. The minimum atomic E-state index is -1.07. The highest BCUT2D eigenvalue weighted by atomic mass is 16.3. The van der Waals surface area contributed by atoms with E-state index in [2.05, 4.69) is 23.9 Å². The van der Waals surface area contributed by atoms with E-state index >= 15 is 0 Å². The Kier molecular flexibility index (Phi) is 4.97. The first kappa shape index (κ1) is 13.5. The molecule has 1 aromatic carbocycles.